The maximum atomic E-state index is 13.6. The minimum atomic E-state index is -3.74. The largest absolute Gasteiger partial charge is 0.264 e. The van der Waals surface area contributed by atoms with E-state index in [1.807, 2.05) is 43.3 Å². The summed E-state index contributed by atoms with van der Waals surface area (Å²) in [6.45, 7) is 11.9. The van der Waals surface area contributed by atoms with Gasteiger partial charge in [-0.3, -0.25) is 4.31 Å². The van der Waals surface area contributed by atoms with Gasteiger partial charge >= 0.3 is 0 Å². The van der Waals surface area contributed by atoms with Gasteiger partial charge in [0.1, 0.15) is 0 Å². The molecule has 0 fully saturated rings. The molecule has 0 saturated heterocycles. The van der Waals surface area contributed by atoms with Crippen LogP contribution in [0.5, 0.6) is 0 Å². The first kappa shape index (κ1) is 21.0. The molecule has 3 nitrogen and oxygen atoms in total. The SMILES string of the molecule is C=Cc1ccccc1N([C@H](C=C)CCCCC)S(=O)(=O)c1ccc(C)cc1. The lowest BCUT2D eigenvalue weighted by Crippen LogP contribution is -2.39. The molecule has 0 radical (unpaired) electrons. The third-order valence-electron chi connectivity index (χ3n) is 4.65. The fourth-order valence-corrected chi connectivity index (χ4v) is 4.79. The molecule has 0 aliphatic carbocycles. The summed E-state index contributed by atoms with van der Waals surface area (Å²) in [6, 6.07) is 14.1. The maximum absolute atomic E-state index is 13.6. The van der Waals surface area contributed by atoms with Crippen molar-refractivity contribution in [1.29, 1.82) is 0 Å². The zero-order chi connectivity index (χ0) is 19.9. The third kappa shape index (κ3) is 4.89. The van der Waals surface area contributed by atoms with E-state index in [0.717, 1.165) is 36.8 Å². The van der Waals surface area contributed by atoms with Crippen LogP contribution in [-0.2, 0) is 10.0 Å². The average Bonchev–Trinajstić information content (AvgIpc) is 2.67. The van der Waals surface area contributed by atoms with Crippen molar-refractivity contribution in [2.24, 2.45) is 0 Å². The summed E-state index contributed by atoms with van der Waals surface area (Å²) < 4.78 is 28.7. The number of benzene rings is 2. The molecule has 27 heavy (non-hydrogen) atoms. The standard InChI is InChI=1S/C23H29NO2S/c1-5-8-9-13-21(7-3)24(23-14-11-10-12-20(23)6-2)27(25,26)22-17-15-19(4)16-18-22/h6-7,10-12,14-18,21H,2-3,5,8-9,13H2,1,4H3/t21-/m1/s1. The van der Waals surface area contributed by atoms with Crippen LogP contribution in [0.3, 0.4) is 0 Å². The lowest BCUT2D eigenvalue weighted by molar-refractivity contribution is 0.570. The Hall–Kier alpha value is -2.33. The van der Waals surface area contributed by atoms with Gasteiger partial charge in [-0.15, -0.1) is 6.58 Å². The predicted octanol–water partition coefficient (Wildman–Crippen LogP) is 5.97. The number of nitrogens with zero attached hydrogens (tertiary/aromatic N) is 1. The van der Waals surface area contributed by atoms with Crippen molar-refractivity contribution in [3.63, 3.8) is 0 Å². The highest BCUT2D eigenvalue weighted by atomic mass is 32.2. The molecule has 0 saturated carbocycles. The zero-order valence-corrected chi connectivity index (χ0v) is 17.1. The van der Waals surface area contributed by atoms with E-state index >= 15 is 0 Å². The van der Waals surface area contributed by atoms with E-state index in [9.17, 15) is 8.42 Å². The molecule has 0 N–H and O–H groups in total. The van der Waals surface area contributed by atoms with Gasteiger partial charge < -0.3 is 0 Å². The molecule has 0 unspecified atom stereocenters. The van der Waals surface area contributed by atoms with Crippen molar-refractivity contribution < 1.29 is 8.42 Å². The maximum Gasteiger partial charge on any atom is 0.264 e. The van der Waals surface area contributed by atoms with Crippen molar-refractivity contribution in [1.82, 2.24) is 0 Å². The van der Waals surface area contributed by atoms with Gasteiger partial charge in [0.2, 0.25) is 0 Å². The van der Waals surface area contributed by atoms with E-state index in [4.69, 9.17) is 0 Å². The lowest BCUT2D eigenvalue weighted by Gasteiger charge is -2.32. The molecular weight excluding hydrogens is 354 g/mol. The molecule has 1 atom stereocenters. The van der Waals surface area contributed by atoms with Gasteiger partial charge in [0.15, 0.2) is 0 Å². The number of hydrogen-bond donors (Lipinski definition) is 0. The van der Waals surface area contributed by atoms with Crippen molar-refractivity contribution in [2.45, 2.75) is 50.5 Å². The van der Waals surface area contributed by atoms with Crippen LogP contribution in [0.25, 0.3) is 6.08 Å². The van der Waals surface area contributed by atoms with Crippen molar-refractivity contribution >= 4 is 21.8 Å². The summed E-state index contributed by atoms with van der Waals surface area (Å²) in [4.78, 5) is 0.286. The fraction of sp³-hybridized carbons (Fsp3) is 0.304. The van der Waals surface area contributed by atoms with Gasteiger partial charge in [0.05, 0.1) is 16.6 Å². The summed E-state index contributed by atoms with van der Waals surface area (Å²) in [7, 11) is -3.74. The Balaban J connectivity index is 2.59. The van der Waals surface area contributed by atoms with Crippen LogP contribution in [0.15, 0.2) is 72.7 Å². The van der Waals surface area contributed by atoms with E-state index in [1.54, 1.807) is 24.3 Å². The third-order valence-corrected chi connectivity index (χ3v) is 6.50. The Labute approximate surface area is 164 Å². The number of hydrogen-bond acceptors (Lipinski definition) is 2. The Kier molecular flexibility index (Phi) is 7.43. The molecular formula is C23H29NO2S. The highest BCUT2D eigenvalue weighted by molar-refractivity contribution is 7.92. The summed E-state index contributed by atoms with van der Waals surface area (Å²) in [5.41, 5.74) is 2.44. The molecule has 0 aromatic heterocycles. The molecule has 0 aliphatic heterocycles. The molecule has 0 heterocycles. The lowest BCUT2D eigenvalue weighted by atomic mass is 10.1. The van der Waals surface area contributed by atoms with E-state index < -0.39 is 10.0 Å². The highest BCUT2D eigenvalue weighted by Crippen LogP contribution is 2.32. The first-order chi connectivity index (χ1) is 13.0. The van der Waals surface area contributed by atoms with E-state index in [0.29, 0.717) is 5.69 Å². The van der Waals surface area contributed by atoms with Crippen LogP contribution in [0, 0.1) is 6.92 Å². The van der Waals surface area contributed by atoms with Gasteiger partial charge in [-0.1, -0.05) is 80.8 Å². The molecule has 0 amide bonds. The Bertz CT molecular complexity index is 870. The zero-order valence-electron chi connectivity index (χ0n) is 16.3. The summed E-state index contributed by atoms with van der Waals surface area (Å²) in [5, 5.41) is 0. The van der Waals surface area contributed by atoms with Gasteiger partial charge in [-0.05, 0) is 37.1 Å². The van der Waals surface area contributed by atoms with Crippen LogP contribution >= 0.6 is 0 Å². The number of unbranched alkanes of at least 4 members (excludes halogenated alkanes) is 2. The number of sulfonamides is 1. The molecule has 2 rings (SSSR count). The van der Waals surface area contributed by atoms with E-state index in [-0.39, 0.29) is 10.9 Å². The number of rotatable bonds is 10. The smallest absolute Gasteiger partial charge is 0.259 e. The summed E-state index contributed by atoms with van der Waals surface area (Å²) >= 11 is 0. The molecule has 4 heteroatoms. The first-order valence-corrected chi connectivity index (χ1v) is 10.8. The Morgan fingerprint density at radius 1 is 1.04 bits per heavy atom. The Morgan fingerprint density at radius 3 is 2.30 bits per heavy atom. The van der Waals surface area contributed by atoms with Crippen LogP contribution < -0.4 is 4.31 Å². The topological polar surface area (TPSA) is 37.4 Å². The predicted molar refractivity (Wildman–Crippen MR) is 116 cm³/mol. The highest BCUT2D eigenvalue weighted by Gasteiger charge is 2.31. The van der Waals surface area contributed by atoms with Gasteiger partial charge in [-0.2, -0.15) is 0 Å². The average molecular weight is 384 g/mol. The molecule has 144 valence electrons. The number of aryl methyl sites for hydroxylation is 1. The van der Waals surface area contributed by atoms with Gasteiger partial charge in [0.25, 0.3) is 10.0 Å². The fourth-order valence-electron chi connectivity index (χ4n) is 3.11. The van der Waals surface area contributed by atoms with Gasteiger partial charge in [0, 0.05) is 0 Å². The molecule has 2 aromatic rings. The normalized spacial score (nSPS) is 12.4. The molecule has 0 aliphatic rings. The van der Waals surface area contributed by atoms with Crippen LogP contribution in [0.4, 0.5) is 5.69 Å². The number of anilines is 1. The van der Waals surface area contributed by atoms with Crippen molar-refractivity contribution in [2.75, 3.05) is 4.31 Å². The van der Waals surface area contributed by atoms with Crippen LogP contribution in [0.2, 0.25) is 0 Å². The second-order valence-electron chi connectivity index (χ2n) is 6.68. The monoisotopic (exact) mass is 383 g/mol. The van der Waals surface area contributed by atoms with Crippen molar-refractivity contribution in [3.05, 3.63) is 78.9 Å². The van der Waals surface area contributed by atoms with Crippen LogP contribution in [0.1, 0.15) is 43.7 Å². The van der Waals surface area contributed by atoms with E-state index in [1.165, 1.54) is 4.31 Å². The second kappa shape index (κ2) is 9.56. The van der Waals surface area contributed by atoms with Gasteiger partial charge in [-0.25, -0.2) is 8.42 Å². The minimum absolute atomic E-state index is 0.286. The molecule has 2 aromatic carbocycles. The molecule has 0 bridgehead atoms. The molecule has 0 spiro atoms. The first-order valence-electron chi connectivity index (χ1n) is 9.40. The number of para-hydroxylation sites is 1. The summed E-state index contributed by atoms with van der Waals surface area (Å²) in [6.07, 6.45) is 7.25. The van der Waals surface area contributed by atoms with Crippen molar-refractivity contribution in [3.8, 4) is 0 Å². The second-order valence-corrected chi connectivity index (χ2v) is 8.49. The minimum Gasteiger partial charge on any atom is -0.259 e. The van der Waals surface area contributed by atoms with Crippen LogP contribution in [-0.4, -0.2) is 14.5 Å². The summed E-state index contributed by atoms with van der Waals surface area (Å²) in [5.74, 6) is 0. The quantitative estimate of drug-likeness (QED) is 0.374. The Morgan fingerprint density at radius 2 is 1.70 bits per heavy atom. The van der Waals surface area contributed by atoms with E-state index in [2.05, 4.69) is 20.1 Å².